The molecule has 0 aromatic heterocycles. The van der Waals surface area contributed by atoms with Crippen LogP contribution in [0.4, 0.5) is 0 Å². The molecule has 2 saturated carbocycles. The molecule has 3 rings (SSSR count). The lowest BCUT2D eigenvalue weighted by atomic mass is 9.50. The van der Waals surface area contributed by atoms with Gasteiger partial charge >= 0.3 is 17.9 Å². The molecule has 0 aromatic carbocycles. The van der Waals surface area contributed by atoms with Crippen molar-refractivity contribution in [3.8, 4) is 0 Å². The van der Waals surface area contributed by atoms with E-state index >= 15 is 0 Å². The second-order valence-corrected chi connectivity index (χ2v) is 12.3. The summed E-state index contributed by atoms with van der Waals surface area (Å²) < 4.78 is 24.3. The van der Waals surface area contributed by atoms with Gasteiger partial charge in [-0.2, -0.15) is 0 Å². The molecule has 7 nitrogen and oxygen atoms in total. The fourth-order valence-electron chi connectivity index (χ4n) is 7.48. The van der Waals surface area contributed by atoms with Gasteiger partial charge in [0.05, 0.1) is 12.0 Å². The van der Waals surface area contributed by atoms with E-state index in [9.17, 15) is 14.4 Å². The van der Waals surface area contributed by atoms with Crippen molar-refractivity contribution in [2.45, 2.75) is 112 Å². The standard InChI is InChI=1S/C30H46O7/c1-11-16(2)28(33)37-22-14-17(3)24-23(34-10)15-30(9)13-12-21(35-19(5)31)18(4)25(30)27(36-20(6)32)26(22)29(24,7)8/h16,21-23,25-27H,4,11-15H2,1-3,5-10H3. The third-order valence-corrected chi connectivity index (χ3v) is 9.27. The summed E-state index contributed by atoms with van der Waals surface area (Å²) in [5, 5.41) is 0. The van der Waals surface area contributed by atoms with Gasteiger partial charge in [-0.1, -0.05) is 46.8 Å². The number of hydrogen-bond acceptors (Lipinski definition) is 7. The average Bonchev–Trinajstić information content (AvgIpc) is 2.77. The highest BCUT2D eigenvalue weighted by molar-refractivity contribution is 5.72. The van der Waals surface area contributed by atoms with Crippen LogP contribution >= 0.6 is 0 Å². The van der Waals surface area contributed by atoms with Crippen molar-refractivity contribution in [3.05, 3.63) is 23.3 Å². The summed E-state index contributed by atoms with van der Waals surface area (Å²) >= 11 is 0. The molecule has 2 fully saturated rings. The van der Waals surface area contributed by atoms with E-state index in [1.807, 2.05) is 13.8 Å². The van der Waals surface area contributed by atoms with Crippen LogP contribution in [0.2, 0.25) is 0 Å². The zero-order valence-electron chi connectivity index (χ0n) is 24.1. The third-order valence-electron chi connectivity index (χ3n) is 9.27. The molecule has 0 N–H and O–H groups in total. The van der Waals surface area contributed by atoms with Gasteiger partial charge in [0.25, 0.3) is 0 Å². The van der Waals surface area contributed by atoms with Crippen LogP contribution in [0, 0.1) is 28.6 Å². The van der Waals surface area contributed by atoms with Crippen LogP contribution in [0.3, 0.4) is 0 Å². The highest BCUT2D eigenvalue weighted by atomic mass is 16.6. The van der Waals surface area contributed by atoms with Crippen molar-refractivity contribution in [2.75, 3.05) is 7.11 Å². The van der Waals surface area contributed by atoms with Gasteiger partial charge in [0.15, 0.2) is 0 Å². The van der Waals surface area contributed by atoms with Crippen molar-refractivity contribution < 1.29 is 33.3 Å². The number of methoxy groups -OCH3 is 1. The molecule has 0 spiro atoms. The number of carbonyl (C=O) groups excluding carboxylic acids is 3. The first-order valence-corrected chi connectivity index (χ1v) is 13.6. The Balaban J connectivity index is 2.24. The molecule has 3 aliphatic carbocycles. The summed E-state index contributed by atoms with van der Waals surface area (Å²) in [6, 6.07) is 0. The Labute approximate surface area is 222 Å². The number of fused-ring (bicyclic) bond motifs is 3. The molecule has 0 radical (unpaired) electrons. The molecule has 0 aromatic rings. The summed E-state index contributed by atoms with van der Waals surface area (Å²) in [7, 11) is 1.74. The number of rotatable bonds is 6. The maximum absolute atomic E-state index is 13.1. The van der Waals surface area contributed by atoms with Crippen LogP contribution in [0.1, 0.15) is 87.5 Å². The highest BCUT2D eigenvalue weighted by Gasteiger charge is 2.61. The Kier molecular flexibility index (Phi) is 8.67. The normalized spacial score (nSPS) is 36.0. The lowest BCUT2D eigenvalue weighted by molar-refractivity contribution is -0.187. The van der Waals surface area contributed by atoms with E-state index in [0.717, 1.165) is 24.0 Å². The number of carbonyl (C=O) groups is 3. The fraction of sp³-hybridized carbons (Fsp3) is 0.767. The van der Waals surface area contributed by atoms with Gasteiger partial charge in [0.1, 0.15) is 18.3 Å². The first-order valence-electron chi connectivity index (χ1n) is 13.6. The van der Waals surface area contributed by atoms with E-state index in [-0.39, 0.29) is 41.2 Å². The summed E-state index contributed by atoms with van der Waals surface area (Å²) in [4.78, 5) is 37.6. The largest absolute Gasteiger partial charge is 0.461 e. The van der Waals surface area contributed by atoms with Crippen molar-refractivity contribution in [2.24, 2.45) is 28.6 Å². The maximum atomic E-state index is 13.1. The van der Waals surface area contributed by atoms with E-state index in [1.54, 1.807) is 7.11 Å². The molecule has 7 heteroatoms. The monoisotopic (exact) mass is 518 g/mol. The van der Waals surface area contributed by atoms with Crippen LogP contribution in [0.25, 0.3) is 0 Å². The van der Waals surface area contributed by atoms with E-state index in [2.05, 4.69) is 34.3 Å². The van der Waals surface area contributed by atoms with Gasteiger partial charge in [-0.3, -0.25) is 14.4 Å². The zero-order valence-corrected chi connectivity index (χ0v) is 24.1. The Bertz CT molecular complexity index is 963. The van der Waals surface area contributed by atoms with Crippen LogP contribution in [-0.4, -0.2) is 49.4 Å². The van der Waals surface area contributed by atoms with Gasteiger partial charge in [0, 0.05) is 39.2 Å². The quantitative estimate of drug-likeness (QED) is 0.258. The lowest BCUT2D eigenvalue weighted by Crippen LogP contribution is -2.60. The van der Waals surface area contributed by atoms with Gasteiger partial charge in [-0.05, 0) is 54.6 Å². The molecule has 0 amide bonds. The van der Waals surface area contributed by atoms with E-state index in [4.69, 9.17) is 18.9 Å². The number of hydrogen-bond donors (Lipinski definition) is 0. The first-order chi connectivity index (χ1) is 17.2. The molecule has 8 atom stereocenters. The molecule has 3 aliphatic rings. The SMILES string of the molecule is C=C1C(OC(C)=O)CCC2(C)CC(OC)C3=C(C)CC(OC(=O)C(C)CC)C(C(OC(C)=O)C12)C3(C)C. The minimum Gasteiger partial charge on any atom is -0.461 e. The Hall–Kier alpha value is -2.15. The predicted molar refractivity (Wildman–Crippen MR) is 140 cm³/mol. The molecule has 8 unspecified atom stereocenters. The Morgan fingerprint density at radius 2 is 1.68 bits per heavy atom. The summed E-state index contributed by atoms with van der Waals surface area (Å²) in [5.41, 5.74) is 2.27. The Morgan fingerprint density at radius 1 is 1.05 bits per heavy atom. The summed E-state index contributed by atoms with van der Waals surface area (Å²) in [5.74, 6) is -1.87. The number of ether oxygens (including phenoxy) is 4. The van der Waals surface area contributed by atoms with Gasteiger partial charge in [0.2, 0.25) is 0 Å². The average molecular weight is 519 g/mol. The molecule has 37 heavy (non-hydrogen) atoms. The second kappa shape index (κ2) is 10.9. The van der Waals surface area contributed by atoms with E-state index in [0.29, 0.717) is 19.3 Å². The molecule has 0 saturated heterocycles. The van der Waals surface area contributed by atoms with Gasteiger partial charge in [-0.25, -0.2) is 0 Å². The second-order valence-electron chi connectivity index (χ2n) is 12.3. The van der Waals surface area contributed by atoms with Gasteiger partial charge in [-0.15, -0.1) is 0 Å². The van der Waals surface area contributed by atoms with E-state index in [1.165, 1.54) is 19.4 Å². The third kappa shape index (κ3) is 5.52. The number of esters is 3. The Morgan fingerprint density at radius 3 is 2.22 bits per heavy atom. The summed E-state index contributed by atoms with van der Waals surface area (Å²) in [6.45, 7) is 19.7. The zero-order chi connectivity index (χ0) is 27.9. The maximum Gasteiger partial charge on any atom is 0.308 e. The minimum absolute atomic E-state index is 0.146. The van der Waals surface area contributed by atoms with Crippen molar-refractivity contribution in [1.82, 2.24) is 0 Å². The highest BCUT2D eigenvalue weighted by Crippen LogP contribution is 2.60. The topological polar surface area (TPSA) is 88.1 Å². The molecular formula is C30H46O7. The molecular weight excluding hydrogens is 472 g/mol. The molecule has 0 heterocycles. The summed E-state index contributed by atoms with van der Waals surface area (Å²) in [6.07, 6.45) is 1.65. The predicted octanol–water partition coefficient (Wildman–Crippen LogP) is 5.56. The molecule has 2 bridgehead atoms. The van der Waals surface area contributed by atoms with Crippen LogP contribution in [0.5, 0.6) is 0 Å². The van der Waals surface area contributed by atoms with Crippen molar-refractivity contribution in [3.63, 3.8) is 0 Å². The van der Waals surface area contributed by atoms with Crippen LogP contribution < -0.4 is 0 Å². The minimum atomic E-state index is -0.612. The lowest BCUT2D eigenvalue weighted by Gasteiger charge is -2.59. The van der Waals surface area contributed by atoms with E-state index < -0.39 is 29.7 Å². The fourth-order valence-corrected chi connectivity index (χ4v) is 7.48. The molecule has 208 valence electrons. The van der Waals surface area contributed by atoms with Crippen LogP contribution in [-0.2, 0) is 33.3 Å². The van der Waals surface area contributed by atoms with Crippen LogP contribution in [0.15, 0.2) is 23.3 Å². The van der Waals surface area contributed by atoms with Gasteiger partial charge < -0.3 is 18.9 Å². The van der Waals surface area contributed by atoms with Crippen molar-refractivity contribution in [1.29, 1.82) is 0 Å². The van der Waals surface area contributed by atoms with Crippen molar-refractivity contribution >= 4 is 17.9 Å². The smallest absolute Gasteiger partial charge is 0.308 e. The first kappa shape index (κ1) is 29.4. The molecule has 0 aliphatic heterocycles.